The summed E-state index contributed by atoms with van der Waals surface area (Å²) in [7, 11) is 1.74. The molecule has 0 atom stereocenters. The highest BCUT2D eigenvalue weighted by atomic mass is 16.3. The van der Waals surface area contributed by atoms with Crippen molar-refractivity contribution in [3.63, 3.8) is 0 Å². The number of piperidine rings is 1. The number of aromatic nitrogens is 4. The van der Waals surface area contributed by atoms with Crippen molar-refractivity contribution in [1.82, 2.24) is 24.2 Å². The van der Waals surface area contributed by atoms with Gasteiger partial charge in [0.2, 0.25) is 0 Å². The first kappa shape index (κ1) is 23.4. The lowest BCUT2D eigenvalue weighted by molar-refractivity contribution is -0.0299. The molecule has 1 N–H and O–H groups in total. The number of carbonyl (C=O) groups is 1. The molecular formula is C28H30N6O3. The number of benzene rings is 2. The maximum absolute atomic E-state index is 13.4. The number of carbonyl (C=O) groups excluding carboxylic acids is 1. The predicted molar refractivity (Wildman–Crippen MR) is 141 cm³/mol. The van der Waals surface area contributed by atoms with E-state index in [2.05, 4.69) is 45.3 Å². The van der Waals surface area contributed by atoms with Crippen LogP contribution in [0.1, 0.15) is 35.2 Å². The fourth-order valence-electron chi connectivity index (χ4n) is 5.57. The van der Waals surface area contributed by atoms with E-state index in [4.69, 9.17) is 0 Å². The standard InChI is InChI=1S/C28H30N6O3/c1-31-25-23(17-30-31)27(36)33(19-29-25)18-28(37)11-14-32(15-12-28)26(35)21-7-4-9-22(16-21)34-13-5-8-20-6-2-3-10-24(20)34/h2-4,6-7,9-10,16-17,19,37H,5,8,11-15,18H2,1H3. The molecule has 0 bridgehead atoms. The first-order valence-corrected chi connectivity index (χ1v) is 12.8. The van der Waals surface area contributed by atoms with Crippen LogP contribution in [0, 0.1) is 0 Å². The fraction of sp³-hybridized carbons (Fsp3) is 0.357. The normalized spacial score (nSPS) is 17.1. The first-order chi connectivity index (χ1) is 17.9. The van der Waals surface area contributed by atoms with E-state index >= 15 is 0 Å². The molecule has 190 valence electrons. The van der Waals surface area contributed by atoms with E-state index in [1.54, 1.807) is 16.6 Å². The van der Waals surface area contributed by atoms with Crippen LogP contribution in [0.3, 0.4) is 0 Å². The monoisotopic (exact) mass is 498 g/mol. The van der Waals surface area contributed by atoms with Crippen molar-refractivity contribution in [1.29, 1.82) is 0 Å². The molecule has 0 spiro atoms. The number of aliphatic hydroxyl groups is 1. The summed E-state index contributed by atoms with van der Waals surface area (Å²) < 4.78 is 3.00. The third-order valence-corrected chi connectivity index (χ3v) is 7.68. The summed E-state index contributed by atoms with van der Waals surface area (Å²) in [6.07, 6.45) is 5.88. The van der Waals surface area contributed by atoms with Crippen LogP contribution >= 0.6 is 0 Å². The summed E-state index contributed by atoms with van der Waals surface area (Å²) in [5.41, 5.74) is 3.41. The molecule has 0 saturated carbocycles. The highest BCUT2D eigenvalue weighted by Crippen LogP contribution is 2.34. The summed E-state index contributed by atoms with van der Waals surface area (Å²) in [6, 6.07) is 16.3. The molecule has 9 nitrogen and oxygen atoms in total. The molecule has 1 saturated heterocycles. The summed E-state index contributed by atoms with van der Waals surface area (Å²) in [5, 5.41) is 15.8. The van der Waals surface area contributed by atoms with E-state index in [0.717, 1.165) is 25.1 Å². The molecule has 4 aromatic rings. The maximum Gasteiger partial charge on any atom is 0.264 e. The highest BCUT2D eigenvalue weighted by molar-refractivity contribution is 5.95. The molecule has 0 unspecified atom stereocenters. The van der Waals surface area contributed by atoms with Crippen LogP contribution in [0.4, 0.5) is 11.4 Å². The molecule has 6 rings (SSSR count). The van der Waals surface area contributed by atoms with Gasteiger partial charge in [-0.2, -0.15) is 5.10 Å². The van der Waals surface area contributed by atoms with Gasteiger partial charge in [-0.1, -0.05) is 24.3 Å². The van der Waals surface area contributed by atoms with Gasteiger partial charge >= 0.3 is 0 Å². The summed E-state index contributed by atoms with van der Waals surface area (Å²) in [4.78, 5) is 34.7. The van der Waals surface area contributed by atoms with Crippen molar-refractivity contribution >= 4 is 28.3 Å². The number of fused-ring (bicyclic) bond motifs is 2. The second-order valence-electron chi connectivity index (χ2n) is 10.1. The van der Waals surface area contributed by atoms with Crippen LogP contribution in [-0.2, 0) is 20.0 Å². The van der Waals surface area contributed by atoms with Crippen LogP contribution in [-0.4, -0.2) is 60.5 Å². The summed E-state index contributed by atoms with van der Waals surface area (Å²) in [5.74, 6) is -0.0372. The zero-order valence-electron chi connectivity index (χ0n) is 20.9. The van der Waals surface area contributed by atoms with Gasteiger partial charge in [0.25, 0.3) is 11.5 Å². The molecule has 0 aliphatic carbocycles. The number of hydrogen-bond donors (Lipinski definition) is 1. The molecule has 2 aromatic carbocycles. The number of likely N-dealkylation sites (tertiary alicyclic amines) is 1. The number of nitrogens with zero attached hydrogens (tertiary/aromatic N) is 6. The van der Waals surface area contributed by atoms with E-state index in [9.17, 15) is 14.7 Å². The van der Waals surface area contributed by atoms with Gasteiger partial charge in [0.15, 0.2) is 5.65 Å². The molecule has 2 aromatic heterocycles. The minimum Gasteiger partial charge on any atom is -0.388 e. The predicted octanol–water partition coefficient (Wildman–Crippen LogP) is 2.88. The van der Waals surface area contributed by atoms with Gasteiger partial charge in [0, 0.05) is 43.6 Å². The maximum atomic E-state index is 13.4. The quantitative estimate of drug-likeness (QED) is 0.465. The number of anilines is 2. The van der Waals surface area contributed by atoms with Crippen molar-refractivity contribution in [3.05, 3.63) is 82.5 Å². The Morgan fingerprint density at radius 3 is 2.73 bits per heavy atom. The average Bonchev–Trinajstić information content (AvgIpc) is 3.31. The first-order valence-electron chi connectivity index (χ1n) is 12.8. The van der Waals surface area contributed by atoms with Gasteiger partial charge < -0.3 is 14.9 Å². The average molecular weight is 499 g/mol. The summed E-state index contributed by atoms with van der Waals surface area (Å²) >= 11 is 0. The molecule has 4 heterocycles. The van der Waals surface area contributed by atoms with Gasteiger partial charge in [-0.25, -0.2) is 4.98 Å². The SMILES string of the molecule is Cn1ncc2c(=O)n(CC3(O)CCN(C(=O)c4cccc(N5CCCc6ccccc65)c4)CC3)cnc21. The fourth-order valence-corrected chi connectivity index (χ4v) is 5.57. The number of para-hydroxylation sites is 1. The van der Waals surface area contributed by atoms with Crippen molar-refractivity contribution < 1.29 is 9.90 Å². The Morgan fingerprint density at radius 1 is 1.08 bits per heavy atom. The molecule has 2 aliphatic rings. The third kappa shape index (κ3) is 4.29. The lowest BCUT2D eigenvalue weighted by Gasteiger charge is -2.38. The van der Waals surface area contributed by atoms with E-state index in [-0.39, 0.29) is 18.0 Å². The number of hydrogen-bond acceptors (Lipinski definition) is 6. The Bertz CT molecular complexity index is 1530. The van der Waals surface area contributed by atoms with Gasteiger partial charge in [-0.3, -0.25) is 18.8 Å². The number of rotatable bonds is 4. The van der Waals surface area contributed by atoms with Crippen molar-refractivity contribution in [2.24, 2.45) is 7.05 Å². The van der Waals surface area contributed by atoms with Crippen LogP contribution in [0.25, 0.3) is 11.0 Å². The van der Waals surface area contributed by atoms with E-state index in [1.165, 1.54) is 28.3 Å². The minimum atomic E-state index is -1.09. The highest BCUT2D eigenvalue weighted by Gasteiger charge is 2.35. The molecular weight excluding hydrogens is 468 g/mol. The van der Waals surface area contributed by atoms with Crippen LogP contribution in [0.2, 0.25) is 0 Å². The summed E-state index contributed by atoms with van der Waals surface area (Å²) in [6.45, 7) is 1.90. The smallest absolute Gasteiger partial charge is 0.264 e. The zero-order valence-corrected chi connectivity index (χ0v) is 20.9. The Hall–Kier alpha value is -3.98. The lowest BCUT2D eigenvalue weighted by Crippen LogP contribution is -2.49. The van der Waals surface area contributed by atoms with Crippen molar-refractivity contribution in [3.8, 4) is 0 Å². The molecule has 2 aliphatic heterocycles. The molecule has 37 heavy (non-hydrogen) atoms. The van der Waals surface area contributed by atoms with Crippen LogP contribution in [0.15, 0.2) is 65.8 Å². The van der Waals surface area contributed by atoms with Crippen LogP contribution < -0.4 is 10.5 Å². The zero-order chi connectivity index (χ0) is 25.6. The van der Waals surface area contributed by atoms with Gasteiger partial charge in [0.05, 0.1) is 18.3 Å². The molecule has 1 fully saturated rings. The number of aryl methyl sites for hydroxylation is 2. The Balaban J connectivity index is 1.15. The Labute approximate surface area is 214 Å². The molecule has 0 radical (unpaired) electrons. The third-order valence-electron chi connectivity index (χ3n) is 7.68. The van der Waals surface area contributed by atoms with Crippen molar-refractivity contribution in [2.45, 2.75) is 37.8 Å². The van der Waals surface area contributed by atoms with E-state index in [0.29, 0.717) is 42.5 Å². The van der Waals surface area contributed by atoms with E-state index in [1.807, 2.05) is 18.2 Å². The largest absolute Gasteiger partial charge is 0.388 e. The second kappa shape index (κ2) is 9.15. The Morgan fingerprint density at radius 2 is 1.89 bits per heavy atom. The molecule has 1 amide bonds. The topological polar surface area (TPSA) is 96.5 Å². The second-order valence-corrected chi connectivity index (χ2v) is 10.1. The van der Waals surface area contributed by atoms with E-state index < -0.39 is 5.60 Å². The van der Waals surface area contributed by atoms with Crippen molar-refractivity contribution in [2.75, 3.05) is 24.5 Å². The van der Waals surface area contributed by atoms with Gasteiger partial charge in [-0.05, 0) is 55.5 Å². The Kier molecular flexibility index (Phi) is 5.79. The van der Waals surface area contributed by atoms with Gasteiger partial charge in [0.1, 0.15) is 11.7 Å². The minimum absolute atomic E-state index is 0.0372. The lowest BCUT2D eigenvalue weighted by atomic mass is 9.91. The number of amides is 1. The molecule has 9 heteroatoms. The van der Waals surface area contributed by atoms with Gasteiger partial charge in [-0.15, -0.1) is 0 Å². The van der Waals surface area contributed by atoms with Crippen LogP contribution in [0.5, 0.6) is 0 Å².